The third-order valence-corrected chi connectivity index (χ3v) is 32.3. The summed E-state index contributed by atoms with van der Waals surface area (Å²) in [5.41, 5.74) is 10.5. The molecule has 28 heteroatoms. The second-order valence-electron chi connectivity index (χ2n) is 33.4. The molecular formula is C107H109Cl2N7O13S6. The molecular weight excluding hydrogens is 1850 g/mol. The minimum Gasteiger partial charge on any atom is -0.497 e. The smallest absolute Gasteiger partial charge is 0.240 e. The van der Waals surface area contributed by atoms with Gasteiger partial charge in [0.15, 0.2) is 0 Å². The van der Waals surface area contributed by atoms with E-state index in [1.54, 1.807) is 142 Å². The molecule has 0 radical (unpaired) electrons. The molecule has 2 saturated heterocycles. The summed E-state index contributed by atoms with van der Waals surface area (Å²) in [4.78, 5) is 76.4. The van der Waals surface area contributed by atoms with E-state index in [4.69, 9.17) is 51.6 Å². The van der Waals surface area contributed by atoms with Gasteiger partial charge in [-0.05, 0) is 292 Å². The van der Waals surface area contributed by atoms with Crippen molar-refractivity contribution in [2.45, 2.75) is 117 Å². The van der Waals surface area contributed by atoms with Crippen molar-refractivity contribution in [3.8, 4) is 28.7 Å². The van der Waals surface area contributed by atoms with E-state index in [-0.39, 0.29) is 33.8 Å². The van der Waals surface area contributed by atoms with Gasteiger partial charge in [-0.1, -0.05) is 60.1 Å². The Morgan fingerprint density at radius 1 is 0.393 bits per heavy atom. The number of likely N-dealkylation sites (tertiary alicyclic amines) is 1. The molecule has 0 spiro atoms. The summed E-state index contributed by atoms with van der Waals surface area (Å²) >= 11 is 19.8. The topological polar surface area (TPSA) is 215 Å². The molecule has 10 aromatic heterocycles. The maximum Gasteiger partial charge on any atom is 0.240 e. The number of sulfonamides is 1. The predicted octanol–water partition coefficient (Wildman–Crippen LogP) is 24.9. The lowest BCUT2D eigenvalue weighted by molar-refractivity contribution is 0.0627. The first-order chi connectivity index (χ1) is 65.4. The molecule has 0 amide bonds. The van der Waals surface area contributed by atoms with Crippen molar-refractivity contribution in [2.24, 2.45) is 5.92 Å². The average molecular weight is 1960 g/mol. The highest BCUT2D eigenvalue weighted by Gasteiger charge is 2.26. The Balaban J connectivity index is 0.000000129. The molecule has 2 fully saturated rings. The zero-order valence-corrected chi connectivity index (χ0v) is 83.6. The number of hydrogen-bond donors (Lipinski definition) is 1. The van der Waals surface area contributed by atoms with Gasteiger partial charge in [-0.3, -0.25) is 24.0 Å². The highest BCUT2D eigenvalue weighted by Crippen LogP contribution is 2.39. The minimum absolute atomic E-state index is 0.0197. The maximum atomic E-state index is 12.9. The highest BCUT2D eigenvalue weighted by atomic mass is 35.5. The normalized spacial score (nSPS) is 12.8. The van der Waals surface area contributed by atoms with Gasteiger partial charge in [0, 0.05) is 148 Å². The molecule has 135 heavy (non-hydrogen) atoms. The van der Waals surface area contributed by atoms with E-state index < -0.39 is 10.0 Å². The van der Waals surface area contributed by atoms with Crippen molar-refractivity contribution in [2.75, 3.05) is 80.8 Å². The van der Waals surface area contributed by atoms with E-state index in [1.807, 2.05) is 116 Å². The molecule has 0 unspecified atom stereocenters. The van der Waals surface area contributed by atoms with Gasteiger partial charge < -0.3 is 56.2 Å². The first kappa shape index (κ1) is 98.0. The van der Waals surface area contributed by atoms with E-state index >= 15 is 0 Å². The molecule has 19 rings (SSSR count). The fraction of sp³-hybridized carbons (Fsp3) is 0.280. The van der Waals surface area contributed by atoms with E-state index in [0.717, 1.165) is 139 Å². The number of benzene rings is 7. The number of alkyl halides is 1. The van der Waals surface area contributed by atoms with Crippen molar-refractivity contribution in [3.63, 3.8) is 0 Å². The van der Waals surface area contributed by atoms with Crippen molar-refractivity contribution in [1.29, 1.82) is 0 Å². The number of ketones is 5. The van der Waals surface area contributed by atoms with Crippen LogP contribution in [0.1, 0.15) is 155 Å². The van der Waals surface area contributed by atoms with Gasteiger partial charge in [0.05, 0.1) is 69.9 Å². The maximum absolute atomic E-state index is 12.9. The molecule has 17 aromatic rings. The molecule has 1 N–H and O–H groups in total. The number of aromatic nitrogens is 5. The first-order valence-electron chi connectivity index (χ1n) is 45.0. The lowest BCUT2D eigenvalue weighted by Gasteiger charge is -2.22. The number of thiophene rings is 5. The summed E-state index contributed by atoms with van der Waals surface area (Å²) in [6, 6.07) is 73.5. The Morgan fingerprint density at radius 3 is 1.11 bits per heavy atom. The highest BCUT2D eigenvalue weighted by molar-refractivity contribution is 7.89. The molecule has 0 bridgehead atoms. The monoisotopic (exact) mass is 1960 g/mol. The Labute approximate surface area is 817 Å². The van der Waals surface area contributed by atoms with Crippen LogP contribution in [0.25, 0.3) is 51.1 Å². The van der Waals surface area contributed by atoms with E-state index in [9.17, 15) is 32.4 Å². The van der Waals surface area contributed by atoms with E-state index in [0.29, 0.717) is 79.5 Å². The number of methoxy groups -OCH3 is 5. The number of hydrogen-bond acceptors (Lipinski definition) is 19. The number of carbonyl (C=O) groups excluding carboxylic acids is 5. The minimum atomic E-state index is -3.51. The third-order valence-electron chi connectivity index (χ3n) is 24.4. The Kier molecular flexibility index (Phi) is 33.0. The molecule has 12 heterocycles. The Hall–Kier alpha value is -11.5. The predicted molar refractivity (Wildman–Crippen MR) is 551 cm³/mol. The van der Waals surface area contributed by atoms with Crippen molar-refractivity contribution >= 4 is 170 Å². The van der Waals surface area contributed by atoms with Crippen molar-refractivity contribution in [3.05, 3.63) is 328 Å². The second kappa shape index (κ2) is 45.4. The van der Waals surface area contributed by atoms with Crippen LogP contribution in [0.4, 0.5) is 0 Å². The second-order valence-corrected chi connectivity index (χ2v) is 41.1. The molecule has 700 valence electrons. The van der Waals surface area contributed by atoms with Crippen LogP contribution in [-0.2, 0) is 47.5 Å². The van der Waals surface area contributed by atoms with Crippen LogP contribution in [0.15, 0.2) is 241 Å². The van der Waals surface area contributed by atoms with Gasteiger partial charge in [-0.15, -0.1) is 68.3 Å². The van der Waals surface area contributed by atoms with E-state index in [1.165, 1.54) is 104 Å². The van der Waals surface area contributed by atoms with Crippen molar-refractivity contribution < 1.29 is 60.8 Å². The van der Waals surface area contributed by atoms with Crippen molar-refractivity contribution in [1.82, 2.24) is 32.5 Å². The summed E-state index contributed by atoms with van der Waals surface area (Å²) < 4.78 is 70.0. The number of carbonyl (C=O) groups is 5. The molecule has 0 saturated carbocycles. The van der Waals surface area contributed by atoms with Crippen LogP contribution in [0, 0.1) is 40.5 Å². The lowest BCUT2D eigenvalue weighted by atomic mass is 9.97. The summed E-state index contributed by atoms with van der Waals surface area (Å²) in [7, 11) is 4.54. The molecule has 0 atom stereocenters. The zero-order chi connectivity index (χ0) is 95.0. The van der Waals surface area contributed by atoms with Crippen LogP contribution >= 0.6 is 79.9 Å². The van der Waals surface area contributed by atoms with Gasteiger partial charge in [0.1, 0.15) is 52.9 Å². The van der Waals surface area contributed by atoms with Crippen LogP contribution in [0.3, 0.4) is 0 Å². The Morgan fingerprint density at radius 2 is 0.733 bits per heavy atom. The number of ether oxygens (including phenoxy) is 6. The van der Waals surface area contributed by atoms with Gasteiger partial charge in [-0.2, -0.15) is 0 Å². The molecule has 0 aliphatic carbocycles. The number of aryl methyl sites for hydroxylation is 8. The quantitative estimate of drug-likeness (QED) is 0.0236. The molecule has 20 nitrogen and oxygen atoms in total. The van der Waals surface area contributed by atoms with E-state index in [2.05, 4.69) is 115 Å². The van der Waals surface area contributed by atoms with Crippen LogP contribution in [0.2, 0.25) is 5.02 Å². The summed E-state index contributed by atoms with van der Waals surface area (Å²) in [5, 5.41) is 5.97. The summed E-state index contributed by atoms with van der Waals surface area (Å²) in [6.07, 6.45) is 7.67. The zero-order valence-electron chi connectivity index (χ0n) is 77.2. The standard InChI is InChI=1S/C24H24N2O4S2.C22H25NO3S.C22H19NO2S.C21H24N2O2S.C18H17Cl2NO2S/c1-17-15-19-16-22(23(27)18-9-11-20(30-2)12-10-18)31-24(19)26(17)14-6-13-25-32(28,29)21-7-4-3-5-8-21;1-15-13-18-14-20(21(24)17-3-5-19(25-2)6-4-17)27-22(18)23(15)10-7-16-8-11-26-12-9-16;1-15-12-18-13-20(21(24)17-8-10-19(25-2)11-9-17)26-22(18)23(15)14-16-6-4-3-5-7-16;1-15-13-17-14-19(20(24)16-5-7-18(25-2)8-6-16)26-21(17)23(15)12-11-22-9-3-4-10-22;1-11-8-12-9-16(24-18(12)21(11)7-3-6-19)17(22)14-5-4-13(23-2)10-15(14)20/h3-5,7-12,15-16,25H,6,13-14H2,1-2H3;3-6,13-14,16H,7-12H2,1-2H3;3-13H,14H2,1-2H3;5-8,13-14H,3-4,9-12H2,1-2H3;4-5,8-10H,3,6-7H2,1-2H3. The molecule has 2 aliphatic rings. The largest absolute Gasteiger partial charge is 0.497 e. The Bertz CT molecular complexity index is 7110. The van der Waals surface area contributed by atoms with Crippen LogP contribution in [-0.4, -0.2) is 146 Å². The van der Waals surface area contributed by atoms with Gasteiger partial charge in [0.2, 0.25) is 38.9 Å². The molecule has 7 aromatic carbocycles. The van der Waals surface area contributed by atoms with Gasteiger partial charge in [0.25, 0.3) is 0 Å². The van der Waals surface area contributed by atoms with Crippen LogP contribution in [0.5, 0.6) is 28.7 Å². The van der Waals surface area contributed by atoms with Crippen LogP contribution < -0.4 is 28.4 Å². The third kappa shape index (κ3) is 23.6. The first-order valence-corrected chi connectivity index (χ1v) is 51.4. The fourth-order valence-electron chi connectivity index (χ4n) is 16.9. The molecule has 2 aliphatic heterocycles. The number of nitrogens with zero attached hydrogens (tertiary/aromatic N) is 6. The SMILES string of the molecule is COc1ccc(C(=O)c2cc3cc(C)n(CCC4CCOCC4)c3s2)cc1.COc1ccc(C(=O)c2cc3cc(C)n(CCCCl)c3s2)c(Cl)c1.COc1ccc(C(=O)c2cc3cc(C)n(CCCNS(=O)(=O)c4ccccc4)c3s2)cc1.COc1ccc(C(=O)c2cc3cc(C)n(CCN4CCCC4)c3s2)cc1.COc1ccc(C(=O)c2cc3cc(C)n(Cc4ccccc4)c3s2)cc1. The van der Waals surface area contributed by atoms with Gasteiger partial charge >= 0.3 is 0 Å². The fourth-order valence-corrected chi connectivity index (χ4v) is 24.3. The lowest BCUT2D eigenvalue weighted by Crippen LogP contribution is -2.25. The number of fused-ring (bicyclic) bond motifs is 5. The average Bonchev–Trinajstić information content (AvgIpc) is 1.65. The summed E-state index contributed by atoms with van der Waals surface area (Å²) in [6.45, 7) is 20.5. The number of rotatable bonds is 32. The van der Waals surface area contributed by atoms with Gasteiger partial charge in [-0.25, -0.2) is 13.1 Å². The number of halogens is 2. The summed E-state index contributed by atoms with van der Waals surface area (Å²) in [5.74, 6) is 5.12. The number of nitrogens with one attached hydrogen (secondary N) is 1.